The van der Waals surface area contributed by atoms with Gasteiger partial charge in [-0.1, -0.05) is 84.4 Å². The first kappa shape index (κ1) is 20.7. The maximum absolute atomic E-state index is 12.2. The molecular formula is C29H24N2O2. The first-order valence-electron chi connectivity index (χ1n) is 10.9. The number of nitrogens with zero attached hydrogens (tertiary/aromatic N) is 2. The molecule has 162 valence electrons. The summed E-state index contributed by atoms with van der Waals surface area (Å²) in [6.45, 7) is 2.79. The molecule has 0 saturated carbocycles. The van der Waals surface area contributed by atoms with E-state index in [0.29, 0.717) is 12.1 Å². The fourth-order valence-corrected chi connectivity index (χ4v) is 4.15. The number of fused-ring (bicyclic) bond motifs is 1. The summed E-state index contributed by atoms with van der Waals surface area (Å²) in [5, 5.41) is 0. The fourth-order valence-electron chi connectivity index (χ4n) is 4.15. The van der Waals surface area contributed by atoms with Crippen LogP contribution in [0.1, 0.15) is 21.5 Å². The number of aromatic nitrogens is 2. The Balaban J connectivity index is 1.52. The van der Waals surface area contributed by atoms with Gasteiger partial charge in [0, 0.05) is 12.1 Å². The number of benzene rings is 4. The Bertz CT molecular complexity index is 1430. The van der Waals surface area contributed by atoms with E-state index in [9.17, 15) is 4.79 Å². The summed E-state index contributed by atoms with van der Waals surface area (Å²) in [6.07, 6.45) is 0. The molecule has 0 atom stereocenters. The van der Waals surface area contributed by atoms with Crippen molar-refractivity contribution in [1.29, 1.82) is 0 Å². The zero-order valence-electron chi connectivity index (χ0n) is 18.7. The number of aryl methyl sites for hydroxylation is 1. The number of hydrogen-bond acceptors (Lipinski definition) is 3. The van der Waals surface area contributed by atoms with Crippen LogP contribution < -0.4 is 0 Å². The molecule has 0 saturated heterocycles. The molecule has 0 fully saturated rings. The third-order valence-corrected chi connectivity index (χ3v) is 5.90. The number of rotatable bonds is 5. The lowest BCUT2D eigenvalue weighted by atomic mass is 9.98. The van der Waals surface area contributed by atoms with E-state index in [2.05, 4.69) is 72.2 Å². The second-order valence-corrected chi connectivity index (χ2v) is 8.11. The quantitative estimate of drug-likeness (QED) is 0.297. The Morgan fingerprint density at radius 1 is 0.818 bits per heavy atom. The highest BCUT2D eigenvalue weighted by Crippen LogP contribution is 2.28. The molecule has 0 amide bonds. The molecule has 0 bridgehead atoms. The van der Waals surface area contributed by atoms with Gasteiger partial charge in [-0.2, -0.15) is 0 Å². The average molecular weight is 433 g/mol. The first-order chi connectivity index (χ1) is 16.1. The van der Waals surface area contributed by atoms with Crippen LogP contribution in [-0.2, 0) is 11.3 Å². The van der Waals surface area contributed by atoms with Crippen LogP contribution in [0.15, 0.2) is 97.1 Å². The number of carbonyl (C=O) groups is 1. The van der Waals surface area contributed by atoms with Crippen molar-refractivity contribution in [3.8, 4) is 22.5 Å². The van der Waals surface area contributed by atoms with Gasteiger partial charge in [0.05, 0.1) is 23.7 Å². The molecule has 0 spiro atoms. The molecule has 5 aromatic rings. The van der Waals surface area contributed by atoms with Crippen LogP contribution in [0.25, 0.3) is 33.5 Å². The Kier molecular flexibility index (Phi) is 5.49. The molecule has 0 unspecified atom stereocenters. The van der Waals surface area contributed by atoms with Gasteiger partial charge in [-0.15, -0.1) is 0 Å². The average Bonchev–Trinajstić information content (AvgIpc) is 3.23. The van der Waals surface area contributed by atoms with Crippen molar-refractivity contribution >= 4 is 17.0 Å². The van der Waals surface area contributed by atoms with E-state index < -0.39 is 0 Å². The highest BCUT2D eigenvalue weighted by atomic mass is 16.5. The van der Waals surface area contributed by atoms with Crippen LogP contribution in [0.5, 0.6) is 0 Å². The van der Waals surface area contributed by atoms with Crippen LogP contribution in [-0.4, -0.2) is 22.6 Å². The van der Waals surface area contributed by atoms with Gasteiger partial charge in [0.25, 0.3) is 0 Å². The zero-order valence-corrected chi connectivity index (χ0v) is 18.7. The van der Waals surface area contributed by atoms with Crippen LogP contribution in [0.2, 0.25) is 0 Å². The van der Waals surface area contributed by atoms with Gasteiger partial charge in [-0.05, 0) is 41.8 Å². The summed E-state index contributed by atoms with van der Waals surface area (Å²) < 4.78 is 7.21. The minimum absolute atomic E-state index is 0.331. The lowest BCUT2D eigenvalue weighted by molar-refractivity contribution is 0.0601. The molecule has 5 rings (SSSR count). The second kappa shape index (κ2) is 8.75. The molecule has 33 heavy (non-hydrogen) atoms. The second-order valence-electron chi connectivity index (χ2n) is 8.11. The number of esters is 1. The van der Waals surface area contributed by atoms with Gasteiger partial charge in [-0.3, -0.25) is 0 Å². The van der Waals surface area contributed by atoms with Crippen LogP contribution in [0, 0.1) is 6.92 Å². The fraction of sp³-hybridized carbons (Fsp3) is 0.103. The molecule has 0 aliphatic rings. The zero-order chi connectivity index (χ0) is 22.8. The van der Waals surface area contributed by atoms with Crippen molar-refractivity contribution in [2.75, 3.05) is 7.11 Å². The number of imidazole rings is 1. The standard InChI is InChI=1S/C29H24N2O2/c1-20-11-15-23(16-12-20)28-30-26-9-5-6-10-27(26)31(28)19-21-13-17-22(18-14-21)24-7-3-4-8-25(24)29(32)33-2/h3-18H,19H2,1-2H3. The van der Waals surface area contributed by atoms with E-state index in [4.69, 9.17) is 9.72 Å². The summed E-state index contributed by atoms with van der Waals surface area (Å²) in [5.74, 6) is 0.624. The van der Waals surface area contributed by atoms with Crippen molar-refractivity contribution in [2.45, 2.75) is 13.5 Å². The summed E-state index contributed by atoms with van der Waals surface area (Å²) in [4.78, 5) is 17.1. The first-order valence-corrected chi connectivity index (χ1v) is 10.9. The summed E-state index contributed by atoms with van der Waals surface area (Å²) in [6, 6.07) is 32.6. The van der Waals surface area contributed by atoms with Gasteiger partial charge in [0.2, 0.25) is 0 Å². The predicted molar refractivity (Wildman–Crippen MR) is 132 cm³/mol. The maximum atomic E-state index is 12.2. The number of para-hydroxylation sites is 2. The lowest BCUT2D eigenvalue weighted by Crippen LogP contribution is -2.04. The Hall–Kier alpha value is -4.18. The highest BCUT2D eigenvalue weighted by Gasteiger charge is 2.14. The molecule has 0 aliphatic heterocycles. The van der Waals surface area contributed by atoms with Crippen LogP contribution in [0.4, 0.5) is 0 Å². The molecule has 1 aromatic heterocycles. The van der Waals surface area contributed by atoms with Gasteiger partial charge in [-0.25, -0.2) is 9.78 Å². The van der Waals surface area contributed by atoms with Crippen molar-refractivity contribution in [3.05, 3.63) is 114 Å². The highest BCUT2D eigenvalue weighted by molar-refractivity contribution is 5.97. The monoisotopic (exact) mass is 432 g/mol. The molecular weight excluding hydrogens is 408 g/mol. The van der Waals surface area contributed by atoms with Crippen molar-refractivity contribution < 1.29 is 9.53 Å². The Morgan fingerprint density at radius 3 is 2.24 bits per heavy atom. The Morgan fingerprint density at radius 2 is 1.48 bits per heavy atom. The van der Waals surface area contributed by atoms with E-state index in [1.54, 1.807) is 6.07 Å². The number of hydrogen-bond donors (Lipinski definition) is 0. The molecule has 0 radical (unpaired) electrons. The SMILES string of the molecule is COC(=O)c1ccccc1-c1ccc(Cn2c(-c3ccc(C)cc3)nc3ccccc32)cc1. The maximum Gasteiger partial charge on any atom is 0.338 e. The summed E-state index contributed by atoms with van der Waals surface area (Å²) >= 11 is 0. The third kappa shape index (κ3) is 4.03. The van der Waals surface area contributed by atoms with E-state index in [1.165, 1.54) is 12.7 Å². The Labute approximate surface area is 193 Å². The summed E-state index contributed by atoms with van der Waals surface area (Å²) in [5.41, 5.74) is 7.98. The van der Waals surface area contributed by atoms with E-state index in [-0.39, 0.29) is 5.97 Å². The number of carbonyl (C=O) groups excluding carboxylic acids is 1. The van der Waals surface area contributed by atoms with Crippen molar-refractivity contribution in [2.24, 2.45) is 0 Å². The number of ether oxygens (including phenoxy) is 1. The normalized spacial score (nSPS) is 11.0. The predicted octanol–water partition coefficient (Wildman–Crippen LogP) is 6.51. The summed E-state index contributed by atoms with van der Waals surface area (Å²) in [7, 11) is 1.41. The molecule has 0 N–H and O–H groups in total. The molecule has 4 heteroatoms. The topological polar surface area (TPSA) is 44.1 Å². The van der Waals surface area contributed by atoms with Crippen molar-refractivity contribution in [3.63, 3.8) is 0 Å². The van der Waals surface area contributed by atoms with E-state index >= 15 is 0 Å². The van der Waals surface area contributed by atoms with Gasteiger partial charge < -0.3 is 9.30 Å². The third-order valence-electron chi connectivity index (χ3n) is 5.90. The van der Waals surface area contributed by atoms with Gasteiger partial charge >= 0.3 is 5.97 Å². The molecule has 4 aromatic carbocycles. The van der Waals surface area contributed by atoms with Gasteiger partial charge in [0.1, 0.15) is 5.82 Å². The van der Waals surface area contributed by atoms with E-state index in [1.807, 2.05) is 30.3 Å². The van der Waals surface area contributed by atoms with Crippen molar-refractivity contribution in [1.82, 2.24) is 9.55 Å². The number of methoxy groups -OCH3 is 1. The largest absolute Gasteiger partial charge is 0.465 e. The van der Waals surface area contributed by atoms with Gasteiger partial charge in [0.15, 0.2) is 0 Å². The van der Waals surface area contributed by atoms with E-state index in [0.717, 1.165) is 39.1 Å². The minimum Gasteiger partial charge on any atom is -0.465 e. The minimum atomic E-state index is -0.331. The molecule has 0 aliphatic carbocycles. The van der Waals surface area contributed by atoms with Crippen LogP contribution >= 0.6 is 0 Å². The molecule has 4 nitrogen and oxygen atoms in total. The van der Waals surface area contributed by atoms with Crippen LogP contribution in [0.3, 0.4) is 0 Å². The smallest absolute Gasteiger partial charge is 0.338 e. The lowest BCUT2D eigenvalue weighted by Gasteiger charge is -2.12. The molecule has 1 heterocycles.